The average molecular weight is 235 g/mol. The first-order valence-corrected chi connectivity index (χ1v) is 5.85. The standard InChI is InChI=1S/C13H17NO3/c1-2-7-14(9-13(15)16)11-4-3-5-12-10(11)6-8-17-12/h2,6,8,11H,1,3-5,7,9H2,(H,15,16). The molecule has 1 heterocycles. The van der Waals surface area contributed by atoms with E-state index < -0.39 is 5.97 Å². The number of aryl methyl sites for hydroxylation is 1. The van der Waals surface area contributed by atoms with Crippen LogP contribution in [-0.2, 0) is 11.2 Å². The number of nitrogens with zero attached hydrogens (tertiary/aromatic N) is 1. The van der Waals surface area contributed by atoms with Crippen LogP contribution < -0.4 is 0 Å². The summed E-state index contributed by atoms with van der Waals surface area (Å²) in [7, 11) is 0. The Balaban J connectivity index is 2.20. The minimum absolute atomic E-state index is 0.0430. The van der Waals surface area contributed by atoms with Crippen LogP contribution in [-0.4, -0.2) is 29.1 Å². The molecule has 4 nitrogen and oxygen atoms in total. The molecule has 0 aliphatic heterocycles. The lowest BCUT2D eigenvalue weighted by atomic mass is 9.92. The topological polar surface area (TPSA) is 53.7 Å². The highest BCUT2D eigenvalue weighted by atomic mass is 16.4. The minimum atomic E-state index is -0.803. The Kier molecular flexibility index (Phi) is 3.64. The zero-order valence-corrected chi connectivity index (χ0v) is 9.76. The van der Waals surface area contributed by atoms with E-state index in [-0.39, 0.29) is 12.6 Å². The SMILES string of the molecule is C=CCN(CC(=O)O)C1CCCc2occc21. The largest absolute Gasteiger partial charge is 0.480 e. The summed E-state index contributed by atoms with van der Waals surface area (Å²) >= 11 is 0. The smallest absolute Gasteiger partial charge is 0.317 e. The van der Waals surface area contributed by atoms with Crippen LogP contribution in [0.15, 0.2) is 29.4 Å². The van der Waals surface area contributed by atoms with Crippen LogP contribution in [0.2, 0.25) is 0 Å². The van der Waals surface area contributed by atoms with E-state index >= 15 is 0 Å². The molecule has 2 rings (SSSR count). The van der Waals surface area contributed by atoms with E-state index in [0.29, 0.717) is 6.54 Å². The van der Waals surface area contributed by atoms with Gasteiger partial charge < -0.3 is 9.52 Å². The van der Waals surface area contributed by atoms with Gasteiger partial charge in [-0.2, -0.15) is 0 Å². The number of aliphatic carboxylic acids is 1. The maximum absolute atomic E-state index is 10.9. The molecule has 0 amide bonds. The molecule has 0 saturated carbocycles. The van der Waals surface area contributed by atoms with E-state index in [1.54, 1.807) is 12.3 Å². The number of hydrogen-bond acceptors (Lipinski definition) is 3. The quantitative estimate of drug-likeness (QED) is 0.795. The normalized spacial score (nSPS) is 19.0. The molecule has 1 aromatic rings. The van der Waals surface area contributed by atoms with Crippen molar-refractivity contribution < 1.29 is 14.3 Å². The maximum Gasteiger partial charge on any atom is 0.317 e. The molecule has 0 bridgehead atoms. The molecule has 1 aliphatic rings. The number of hydrogen-bond donors (Lipinski definition) is 1. The van der Waals surface area contributed by atoms with Crippen molar-refractivity contribution >= 4 is 5.97 Å². The van der Waals surface area contributed by atoms with E-state index in [1.165, 1.54) is 0 Å². The lowest BCUT2D eigenvalue weighted by Crippen LogP contribution is -2.35. The van der Waals surface area contributed by atoms with Crippen molar-refractivity contribution in [3.05, 3.63) is 36.3 Å². The Morgan fingerprint density at radius 1 is 1.71 bits per heavy atom. The van der Waals surface area contributed by atoms with Crippen LogP contribution in [0.25, 0.3) is 0 Å². The molecule has 17 heavy (non-hydrogen) atoms. The number of carboxylic acids is 1. The second-order valence-electron chi connectivity index (χ2n) is 4.32. The number of rotatable bonds is 5. The van der Waals surface area contributed by atoms with Gasteiger partial charge in [0.1, 0.15) is 5.76 Å². The van der Waals surface area contributed by atoms with Crippen LogP contribution in [0.1, 0.15) is 30.2 Å². The van der Waals surface area contributed by atoms with Gasteiger partial charge in [-0.1, -0.05) is 6.08 Å². The van der Waals surface area contributed by atoms with Crippen molar-refractivity contribution in [1.82, 2.24) is 4.90 Å². The number of fused-ring (bicyclic) bond motifs is 1. The van der Waals surface area contributed by atoms with Crippen molar-refractivity contribution in [2.75, 3.05) is 13.1 Å². The Bertz CT molecular complexity index is 411. The van der Waals surface area contributed by atoms with Gasteiger partial charge in [-0.05, 0) is 18.9 Å². The highest BCUT2D eigenvalue weighted by Crippen LogP contribution is 2.34. The molecule has 0 fully saturated rings. The fraction of sp³-hybridized carbons (Fsp3) is 0.462. The first-order chi connectivity index (χ1) is 8.22. The minimum Gasteiger partial charge on any atom is -0.480 e. The van der Waals surface area contributed by atoms with Gasteiger partial charge in [-0.25, -0.2) is 0 Å². The Morgan fingerprint density at radius 2 is 2.53 bits per heavy atom. The van der Waals surface area contributed by atoms with Crippen molar-refractivity contribution in [3.8, 4) is 0 Å². The van der Waals surface area contributed by atoms with E-state index in [9.17, 15) is 4.79 Å². The molecular weight excluding hydrogens is 218 g/mol. The molecule has 4 heteroatoms. The maximum atomic E-state index is 10.9. The molecule has 1 N–H and O–H groups in total. The van der Waals surface area contributed by atoms with Crippen molar-refractivity contribution in [2.24, 2.45) is 0 Å². The predicted molar refractivity (Wildman–Crippen MR) is 63.8 cm³/mol. The van der Waals surface area contributed by atoms with Crippen LogP contribution in [0, 0.1) is 0 Å². The summed E-state index contributed by atoms with van der Waals surface area (Å²) in [6.07, 6.45) is 6.41. The van der Waals surface area contributed by atoms with Gasteiger partial charge in [0.05, 0.1) is 12.8 Å². The van der Waals surface area contributed by atoms with Crippen molar-refractivity contribution in [1.29, 1.82) is 0 Å². The molecule has 0 aromatic carbocycles. The molecule has 0 spiro atoms. The summed E-state index contributed by atoms with van der Waals surface area (Å²) in [4.78, 5) is 12.8. The van der Waals surface area contributed by atoms with Gasteiger partial charge in [0, 0.05) is 24.6 Å². The molecule has 92 valence electrons. The van der Waals surface area contributed by atoms with E-state index in [1.807, 2.05) is 11.0 Å². The third-order valence-electron chi connectivity index (χ3n) is 3.16. The first-order valence-electron chi connectivity index (χ1n) is 5.85. The van der Waals surface area contributed by atoms with Gasteiger partial charge in [0.15, 0.2) is 0 Å². The van der Waals surface area contributed by atoms with Crippen LogP contribution in [0.5, 0.6) is 0 Å². The molecule has 0 radical (unpaired) electrons. The third-order valence-corrected chi connectivity index (χ3v) is 3.16. The zero-order valence-electron chi connectivity index (χ0n) is 9.76. The fourth-order valence-corrected chi connectivity index (χ4v) is 2.48. The number of carboxylic acid groups (broad SMARTS) is 1. The lowest BCUT2D eigenvalue weighted by molar-refractivity contribution is -0.138. The van der Waals surface area contributed by atoms with Gasteiger partial charge in [0.25, 0.3) is 0 Å². The second kappa shape index (κ2) is 5.19. The Hall–Kier alpha value is -1.55. The molecule has 1 aliphatic carbocycles. The van der Waals surface area contributed by atoms with E-state index in [0.717, 1.165) is 30.6 Å². The number of carbonyl (C=O) groups is 1. The molecule has 1 aromatic heterocycles. The summed E-state index contributed by atoms with van der Waals surface area (Å²) < 4.78 is 5.42. The molecule has 1 atom stereocenters. The first kappa shape index (κ1) is 11.9. The monoisotopic (exact) mass is 235 g/mol. The summed E-state index contributed by atoms with van der Waals surface area (Å²) in [5, 5.41) is 8.94. The van der Waals surface area contributed by atoms with Crippen molar-refractivity contribution in [3.63, 3.8) is 0 Å². The van der Waals surface area contributed by atoms with Crippen LogP contribution >= 0.6 is 0 Å². The average Bonchev–Trinajstić information content (AvgIpc) is 2.75. The van der Waals surface area contributed by atoms with Gasteiger partial charge in [-0.15, -0.1) is 6.58 Å². The predicted octanol–water partition coefficient (Wildman–Crippen LogP) is 2.23. The fourth-order valence-electron chi connectivity index (χ4n) is 2.48. The number of furan rings is 1. The lowest BCUT2D eigenvalue weighted by Gasteiger charge is -2.32. The molecule has 0 saturated heterocycles. The third kappa shape index (κ3) is 2.58. The second-order valence-corrected chi connectivity index (χ2v) is 4.32. The van der Waals surface area contributed by atoms with E-state index in [2.05, 4.69) is 6.58 Å². The van der Waals surface area contributed by atoms with Gasteiger partial charge >= 0.3 is 5.97 Å². The summed E-state index contributed by atoms with van der Waals surface area (Å²) in [5.74, 6) is 0.197. The van der Waals surface area contributed by atoms with Crippen LogP contribution in [0.4, 0.5) is 0 Å². The van der Waals surface area contributed by atoms with Crippen LogP contribution in [0.3, 0.4) is 0 Å². The summed E-state index contributed by atoms with van der Waals surface area (Å²) in [6.45, 7) is 4.32. The van der Waals surface area contributed by atoms with Gasteiger partial charge in [-0.3, -0.25) is 9.69 Å². The Morgan fingerprint density at radius 3 is 3.24 bits per heavy atom. The van der Waals surface area contributed by atoms with Gasteiger partial charge in [0.2, 0.25) is 0 Å². The Labute approximate surface area is 101 Å². The molecular formula is C13H17NO3. The summed E-state index contributed by atoms with van der Waals surface area (Å²) in [5.41, 5.74) is 1.14. The van der Waals surface area contributed by atoms with E-state index in [4.69, 9.17) is 9.52 Å². The highest BCUT2D eigenvalue weighted by Gasteiger charge is 2.28. The zero-order chi connectivity index (χ0) is 12.3. The molecule has 1 unspecified atom stereocenters. The summed E-state index contributed by atoms with van der Waals surface area (Å²) in [6, 6.07) is 2.10. The van der Waals surface area contributed by atoms with Crippen molar-refractivity contribution in [2.45, 2.75) is 25.3 Å². The highest BCUT2D eigenvalue weighted by molar-refractivity contribution is 5.69.